The molecule has 18 heavy (non-hydrogen) atoms. The van der Waals surface area contributed by atoms with E-state index in [-0.39, 0.29) is 11.2 Å². The van der Waals surface area contributed by atoms with Gasteiger partial charge in [-0.1, -0.05) is 13.8 Å². The Balaban J connectivity index is 3.53. The Morgan fingerprint density at radius 3 is 2.67 bits per heavy atom. The van der Waals surface area contributed by atoms with Crippen LogP contribution in [0.15, 0.2) is 0 Å². The lowest BCUT2D eigenvalue weighted by Crippen LogP contribution is -2.25. The highest BCUT2D eigenvalue weighted by molar-refractivity contribution is 7.99. The van der Waals surface area contributed by atoms with E-state index in [2.05, 4.69) is 5.32 Å². The fraction of sp³-hybridized carbons (Fsp3) is 0.769. The monoisotopic (exact) mass is 272 g/mol. The molecule has 0 aromatic rings. The number of aldehydes is 1. The van der Waals surface area contributed by atoms with Crippen LogP contribution in [0.1, 0.15) is 40.0 Å². The maximum Gasteiger partial charge on any atom is 0.136 e. The third kappa shape index (κ3) is 8.28. The smallest absolute Gasteiger partial charge is 0.136 e. The second-order valence-corrected chi connectivity index (χ2v) is 6.06. The van der Waals surface area contributed by atoms with Crippen molar-refractivity contribution >= 4 is 29.7 Å². The number of hydrogen-bond donors (Lipinski definition) is 2. The van der Waals surface area contributed by atoms with Crippen LogP contribution in [0, 0.1) is 10.8 Å². The number of hydrogen-bond acceptors (Lipinski definition) is 4. The van der Waals surface area contributed by atoms with Gasteiger partial charge in [-0.3, -0.25) is 10.2 Å². The third-order valence-electron chi connectivity index (χ3n) is 2.73. The molecule has 0 aliphatic rings. The topological polar surface area (TPSA) is 70.0 Å². The molecule has 0 unspecified atom stereocenters. The molecule has 0 atom stereocenters. The first-order valence-corrected chi connectivity index (χ1v) is 7.39. The van der Waals surface area contributed by atoms with E-state index in [9.17, 15) is 9.59 Å². The summed E-state index contributed by atoms with van der Waals surface area (Å²) in [5, 5.41) is 10.5. The molecule has 104 valence electrons. The van der Waals surface area contributed by atoms with Crippen molar-refractivity contribution in [2.75, 3.05) is 18.1 Å². The summed E-state index contributed by atoms with van der Waals surface area (Å²) in [6, 6.07) is 0. The van der Waals surface area contributed by atoms with Crippen LogP contribution in [0.5, 0.6) is 0 Å². The fourth-order valence-electron chi connectivity index (χ4n) is 1.15. The summed E-state index contributed by atoms with van der Waals surface area (Å²) in [5.74, 6) is 2.49. The molecular formula is C13H24N2O2S. The summed E-state index contributed by atoms with van der Waals surface area (Å²) in [6.45, 7) is 6.11. The lowest BCUT2D eigenvalue weighted by atomic mass is 9.92. The molecule has 0 fully saturated rings. The first kappa shape index (κ1) is 17.2. The number of thioether (sulfide) groups is 1. The molecule has 0 radical (unpaired) electrons. The van der Waals surface area contributed by atoms with Crippen molar-refractivity contribution in [3.05, 3.63) is 0 Å². The molecule has 0 amide bonds. The highest BCUT2D eigenvalue weighted by Gasteiger charge is 2.22. The number of rotatable bonds is 10. The van der Waals surface area contributed by atoms with E-state index >= 15 is 0 Å². The summed E-state index contributed by atoms with van der Waals surface area (Å²) in [7, 11) is 0. The number of carbonyl (C=O) groups is 2. The molecule has 0 bridgehead atoms. The average Bonchev–Trinajstić information content (AvgIpc) is 2.28. The highest BCUT2D eigenvalue weighted by Crippen LogP contribution is 2.23. The zero-order chi connectivity index (χ0) is 14.0. The van der Waals surface area contributed by atoms with E-state index < -0.39 is 0 Å². The van der Waals surface area contributed by atoms with Crippen LogP contribution in [0.25, 0.3) is 0 Å². The van der Waals surface area contributed by atoms with E-state index in [1.807, 2.05) is 13.8 Å². The van der Waals surface area contributed by atoms with Crippen molar-refractivity contribution in [2.45, 2.75) is 40.0 Å². The summed E-state index contributed by atoms with van der Waals surface area (Å²) in [6.07, 6.45) is 2.92. The quantitative estimate of drug-likeness (QED) is 0.277. The minimum atomic E-state index is -0.250. The van der Waals surface area contributed by atoms with Gasteiger partial charge in [0, 0.05) is 30.6 Å². The van der Waals surface area contributed by atoms with E-state index in [0.717, 1.165) is 24.2 Å². The van der Waals surface area contributed by atoms with Crippen LogP contribution in [0.2, 0.25) is 0 Å². The fourth-order valence-corrected chi connectivity index (χ4v) is 2.36. The standard InChI is InChI=1S/C13H24N2O2S/c1-11(17)13(2,3)10-18-9-4-6-12(14)15-7-5-8-16/h8H,4-7,9-10H2,1-3H3,(H2,14,15). The van der Waals surface area contributed by atoms with Crippen LogP contribution < -0.4 is 5.32 Å². The SMILES string of the molecule is CC(=O)C(C)(C)CSCCCC(=N)NCCC=O. The number of ketones is 1. The molecule has 0 aliphatic heterocycles. The Hall–Kier alpha value is -0.840. The van der Waals surface area contributed by atoms with E-state index in [1.165, 1.54) is 0 Å². The van der Waals surface area contributed by atoms with Crippen LogP contribution in [0.3, 0.4) is 0 Å². The Morgan fingerprint density at radius 1 is 1.44 bits per heavy atom. The van der Waals surface area contributed by atoms with Gasteiger partial charge >= 0.3 is 0 Å². The maximum absolute atomic E-state index is 11.3. The Bertz CT molecular complexity index is 291. The molecule has 5 heteroatoms. The van der Waals surface area contributed by atoms with Crippen LogP contribution in [0.4, 0.5) is 0 Å². The first-order valence-electron chi connectivity index (χ1n) is 6.24. The van der Waals surface area contributed by atoms with Gasteiger partial charge in [-0.2, -0.15) is 11.8 Å². The van der Waals surface area contributed by atoms with Crippen molar-refractivity contribution in [3.8, 4) is 0 Å². The van der Waals surface area contributed by atoms with Crippen molar-refractivity contribution in [3.63, 3.8) is 0 Å². The average molecular weight is 272 g/mol. The van der Waals surface area contributed by atoms with Crippen molar-refractivity contribution in [2.24, 2.45) is 5.41 Å². The normalized spacial score (nSPS) is 11.1. The van der Waals surface area contributed by atoms with Gasteiger partial charge in [0.05, 0.1) is 5.84 Å². The highest BCUT2D eigenvalue weighted by atomic mass is 32.2. The predicted octanol–water partition coefficient (Wildman–Crippen LogP) is 2.27. The number of Topliss-reactive ketones (excluding diaryl/α,β-unsaturated/α-hetero) is 1. The van der Waals surface area contributed by atoms with Crippen LogP contribution in [-0.2, 0) is 9.59 Å². The zero-order valence-electron chi connectivity index (χ0n) is 11.5. The molecule has 0 heterocycles. The van der Waals surface area contributed by atoms with E-state index in [4.69, 9.17) is 5.41 Å². The summed E-state index contributed by atoms with van der Waals surface area (Å²) in [5.41, 5.74) is -0.250. The van der Waals surface area contributed by atoms with Gasteiger partial charge in [0.15, 0.2) is 0 Å². The van der Waals surface area contributed by atoms with Crippen molar-refractivity contribution < 1.29 is 9.59 Å². The van der Waals surface area contributed by atoms with Gasteiger partial charge in [-0.05, 0) is 19.1 Å². The Morgan fingerprint density at radius 2 is 2.11 bits per heavy atom. The van der Waals surface area contributed by atoms with Gasteiger partial charge in [-0.15, -0.1) is 0 Å². The molecule has 2 N–H and O–H groups in total. The largest absolute Gasteiger partial charge is 0.374 e. The predicted molar refractivity (Wildman–Crippen MR) is 77.4 cm³/mol. The Kier molecular flexibility index (Phi) is 8.71. The van der Waals surface area contributed by atoms with Gasteiger partial charge < -0.3 is 10.1 Å². The van der Waals surface area contributed by atoms with Gasteiger partial charge in [0.1, 0.15) is 12.1 Å². The van der Waals surface area contributed by atoms with Gasteiger partial charge in [0.2, 0.25) is 0 Å². The lowest BCUT2D eigenvalue weighted by Gasteiger charge is -2.20. The lowest BCUT2D eigenvalue weighted by molar-refractivity contribution is -0.123. The second kappa shape index (κ2) is 9.14. The second-order valence-electron chi connectivity index (χ2n) is 4.96. The van der Waals surface area contributed by atoms with E-state index in [1.54, 1.807) is 18.7 Å². The van der Waals surface area contributed by atoms with E-state index in [0.29, 0.717) is 25.2 Å². The molecule has 0 aromatic carbocycles. The number of amidine groups is 1. The minimum Gasteiger partial charge on any atom is -0.374 e. The third-order valence-corrected chi connectivity index (χ3v) is 4.24. The molecule has 0 saturated heterocycles. The van der Waals surface area contributed by atoms with Gasteiger partial charge in [0.25, 0.3) is 0 Å². The summed E-state index contributed by atoms with van der Waals surface area (Å²) in [4.78, 5) is 21.4. The number of nitrogens with one attached hydrogen (secondary N) is 2. The molecule has 0 spiro atoms. The van der Waals surface area contributed by atoms with Gasteiger partial charge in [-0.25, -0.2) is 0 Å². The van der Waals surface area contributed by atoms with Crippen LogP contribution >= 0.6 is 11.8 Å². The first-order chi connectivity index (χ1) is 8.40. The summed E-state index contributed by atoms with van der Waals surface area (Å²) >= 11 is 1.76. The van der Waals surface area contributed by atoms with Crippen molar-refractivity contribution in [1.82, 2.24) is 5.32 Å². The Labute approximate surface area is 114 Å². The molecule has 0 aromatic heterocycles. The maximum atomic E-state index is 11.3. The molecular weight excluding hydrogens is 248 g/mol. The van der Waals surface area contributed by atoms with Crippen molar-refractivity contribution in [1.29, 1.82) is 5.41 Å². The zero-order valence-corrected chi connectivity index (χ0v) is 12.4. The minimum absolute atomic E-state index is 0.221. The molecule has 0 rings (SSSR count). The summed E-state index contributed by atoms with van der Waals surface area (Å²) < 4.78 is 0. The van der Waals surface area contributed by atoms with Crippen LogP contribution in [-0.4, -0.2) is 36.0 Å². The number of carbonyl (C=O) groups excluding carboxylic acids is 2. The molecule has 4 nitrogen and oxygen atoms in total. The molecule has 0 aliphatic carbocycles. The molecule has 0 saturated carbocycles.